The molecule has 0 fully saturated rings. The second-order valence-electron chi connectivity index (χ2n) is 5.09. The van der Waals surface area contributed by atoms with Crippen LogP contribution in [0.2, 0.25) is 0 Å². The summed E-state index contributed by atoms with van der Waals surface area (Å²) in [6.07, 6.45) is 0. The van der Waals surface area contributed by atoms with Gasteiger partial charge in [-0.2, -0.15) is 0 Å². The van der Waals surface area contributed by atoms with E-state index in [-0.39, 0.29) is 11.5 Å². The topological polar surface area (TPSA) is 90.7 Å². The van der Waals surface area contributed by atoms with Gasteiger partial charge in [0, 0.05) is 18.2 Å². The van der Waals surface area contributed by atoms with Gasteiger partial charge in [-0.05, 0) is 36.8 Å². The fraction of sp³-hybridized carbons (Fsp3) is 0.235. The lowest BCUT2D eigenvalue weighted by Gasteiger charge is -2.11. The molecular weight excluding hydrogens is 312 g/mol. The number of hydrogen-bond donors (Lipinski definition) is 1. The maximum absolute atomic E-state index is 11.4. The third-order valence-electron chi connectivity index (χ3n) is 3.53. The monoisotopic (exact) mass is 330 g/mol. The molecule has 0 amide bonds. The minimum atomic E-state index is -0.511. The first-order valence-corrected chi connectivity index (χ1v) is 7.20. The van der Waals surface area contributed by atoms with Crippen molar-refractivity contribution >= 4 is 17.2 Å². The standard InChI is InChI=1S/C17H18N2O5/c1-11(20)13-5-6-14(15(9-13)19(21)22)18-10-12-4-7-16(23-2)17(8-12)24-3/h4-9,18H,10H2,1-3H3. The Labute approximate surface area is 139 Å². The number of ether oxygens (including phenoxy) is 2. The number of nitro groups is 1. The molecule has 7 heteroatoms. The summed E-state index contributed by atoms with van der Waals surface area (Å²) >= 11 is 0. The van der Waals surface area contributed by atoms with Crippen molar-refractivity contribution < 1.29 is 19.2 Å². The summed E-state index contributed by atoms with van der Waals surface area (Å²) in [5.74, 6) is 0.973. The van der Waals surface area contributed by atoms with Crippen LogP contribution in [-0.4, -0.2) is 24.9 Å². The number of ketones is 1. The molecule has 0 aromatic heterocycles. The molecule has 2 aromatic rings. The lowest BCUT2D eigenvalue weighted by molar-refractivity contribution is -0.384. The zero-order chi connectivity index (χ0) is 17.7. The van der Waals surface area contributed by atoms with E-state index >= 15 is 0 Å². The third kappa shape index (κ3) is 3.81. The Morgan fingerprint density at radius 1 is 1.12 bits per heavy atom. The molecule has 2 rings (SSSR count). The lowest BCUT2D eigenvalue weighted by Crippen LogP contribution is -2.04. The van der Waals surface area contributed by atoms with Crippen LogP contribution in [0.5, 0.6) is 11.5 Å². The number of carbonyl (C=O) groups is 1. The SMILES string of the molecule is COc1ccc(CNc2ccc(C(C)=O)cc2[N+](=O)[O-])cc1OC. The van der Waals surface area contributed by atoms with Crippen molar-refractivity contribution in [2.45, 2.75) is 13.5 Å². The molecule has 0 heterocycles. The van der Waals surface area contributed by atoms with E-state index in [1.54, 1.807) is 32.4 Å². The predicted molar refractivity (Wildman–Crippen MR) is 90.0 cm³/mol. The Hall–Kier alpha value is -3.09. The highest BCUT2D eigenvalue weighted by molar-refractivity contribution is 5.95. The van der Waals surface area contributed by atoms with Gasteiger partial charge in [-0.3, -0.25) is 14.9 Å². The summed E-state index contributed by atoms with van der Waals surface area (Å²) in [6.45, 7) is 1.73. The van der Waals surface area contributed by atoms with Crippen molar-refractivity contribution in [3.63, 3.8) is 0 Å². The normalized spacial score (nSPS) is 10.1. The van der Waals surface area contributed by atoms with Crippen LogP contribution in [0.25, 0.3) is 0 Å². The number of nitrogens with one attached hydrogen (secondary N) is 1. The van der Waals surface area contributed by atoms with Gasteiger partial charge in [0.1, 0.15) is 5.69 Å². The maximum atomic E-state index is 11.4. The summed E-state index contributed by atoms with van der Waals surface area (Å²) in [6, 6.07) is 9.77. The maximum Gasteiger partial charge on any atom is 0.293 e. The van der Waals surface area contributed by atoms with Crippen molar-refractivity contribution in [3.05, 3.63) is 57.6 Å². The van der Waals surface area contributed by atoms with Crippen LogP contribution >= 0.6 is 0 Å². The zero-order valence-corrected chi connectivity index (χ0v) is 13.7. The molecule has 0 radical (unpaired) electrons. The summed E-state index contributed by atoms with van der Waals surface area (Å²) in [4.78, 5) is 22.1. The van der Waals surface area contributed by atoms with E-state index in [9.17, 15) is 14.9 Å². The van der Waals surface area contributed by atoms with E-state index < -0.39 is 4.92 Å². The number of carbonyl (C=O) groups excluding carboxylic acids is 1. The van der Waals surface area contributed by atoms with Crippen LogP contribution in [-0.2, 0) is 6.54 Å². The highest BCUT2D eigenvalue weighted by Gasteiger charge is 2.16. The van der Waals surface area contributed by atoms with Gasteiger partial charge in [-0.15, -0.1) is 0 Å². The number of Topliss-reactive ketones (excluding diaryl/α,β-unsaturated/α-hetero) is 1. The number of rotatable bonds is 7. The fourth-order valence-electron chi connectivity index (χ4n) is 2.24. The van der Waals surface area contributed by atoms with Gasteiger partial charge < -0.3 is 14.8 Å². The second-order valence-corrected chi connectivity index (χ2v) is 5.09. The van der Waals surface area contributed by atoms with Gasteiger partial charge in [0.25, 0.3) is 5.69 Å². The molecular formula is C17H18N2O5. The molecule has 0 aliphatic carbocycles. The average molecular weight is 330 g/mol. The Morgan fingerprint density at radius 3 is 2.42 bits per heavy atom. The van der Waals surface area contributed by atoms with E-state index in [2.05, 4.69) is 5.32 Å². The Morgan fingerprint density at radius 2 is 1.83 bits per heavy atom. The third-order valence-corrected chi connectivity index (χ3v) is 3.53. The molecule has 0 spiro atoms. The first-order chi connectivity index (χ1) is 11.5. The molecule has 0 atom stereocenters. The number of benzene rings is 2. The van der Waals surface area contributed by atoms with Crippen LogP contribution in [0, 0.1) is 10.1 Å². The predicted octanol–water partition coefficient (Wildman–Crippen LogP) is 3.43. The molecule has 2 aromatic carbocycles. The van der Waals surface area contributed by atoms with Crippen LogP contribution in [0.3, 0.4) is 0 Å². The van der Waals surface area contributed by atoms with Crippen molar-refractivity contribution in [3.8, 4) is 11.5 Å². The van der Waals surface area contributed by atoms with E-state index in [0.717, 1.165) is 5.56 Å². The van der Waals surface area contributed by atoms with Crippen molar-refractivity contribution in [1.29, 1.82) is 0 Å². The Balaban J connectivity index is 2.23. The number of nitrogens with zero attached hydrogens (tertiary/aromatic N) is 1. The zero-order valence-electron chi connectivity index (χ0n) is 13.7. The summed E-state index contributed by atoms with van der Waals surface area (Å²) in [5, 5.41) is 14.2. The van der Waals surface area contributed by atoms with E-state index in [1.165, 1.54) is 19.1 Å². The number of methoxy groups -OCH3 is 2. The quantitative estimate of drug-likeness (QED) is 0.475. The van der Waals surface area contributed by atoms with Crippen molar-refractivity contribution in [2.75, 3.05) is 19.5 Å². The minimum absolute atomic E-state index is 0.136. The molecule has 0 unspecified atom stereocenters. The number of hydrogen-bond acceptors (Lipinski definition) is 6. The number of nitro benzene ring substituents is 1. The minimum Gasteiger partial charge on any atom is -0.493 e. The van der Waals surface area contributed by atoms with Crippen molar-refractivity contribution in [2.24, 2.45) is 0 Å². The molecule has 7 nitrogen and oxygen atoms in total. The average Bonchev–Trinajstić information content (AvgIpc) is 2.59. The highest BCUT2D eigenvalue weighted by atomic mass is 16.6. The molecule has 0 aliphatic heterocycles. The first-order valence-electron chi connectivity index (χ1n) is 7.20. The Kier molecular flexibility index (Phi) is 5.36. The van der Waals surface area contributed by atoms with Gasteiger partial charge in [0.2, 0.25) is 0 Å². The van der Waals surface area contributed by atoms with Crippen LogP contribution in [0.15, 0.2) is 36.4 Å². The smallest absolute Gasteiger partial charge is 0.293 e. The van der Waals surface area contributed by atoms with Gasteiger partial charge in [-0.1, -0.05) is 6.07 Å². The van der Waals surface area contributed by atoms with E-state index in [0.29, 0.717) is 29.3 Å². The summed E-state index contributed by atoms with van der Waals surface area (Å²) in [5.41, 5.74) is 1.39. The summed E-state index contributed by atoms with van der Waals surface area (Å²) in [7, 11) is 3.09. The van der Waals surface area contributed by atoms with Gasteiger partial charge in [0.15, 0.2) is 17.3 Å². The van der Waals surface area contributed by atoms with Crippen molar-refractivity contribution in [1.82, 2.24) is 0 Å². The second kappa shape index (κ2) is 7.45. The van der Waals surface area contributed by atoms with Gasteiger partial charge in [-0.25, -0.2) is 0 Å². The highest BCUT2D eigenvalue weighted by Crippen LogP contribution is 2.29. The molecule has 0 bridgehead atoms. The van der Waals surface area contributed by atoms with E-state index in [1.807, 2.05) is 6.07 Å². The lowest BCUT2D eigenvalue weighted by atomic mass is 10.1. The number of anilines is 1. The molecule has 126 valence electrons. The van der Waals surface area contributed by atoms with Crippen LogP contribution < -0.4 is 14.8 Å². The molecule has 0 saturated heterocycles. The van der Waals surface area contributed by atoms with Gasteiger partial charge >= 0.3 is 0 Å². The first kappa shape index (κ1) is 17.3. The van der Waals surface area contributed by atoms with Crippen LogP contribution in [0.1, 0.15) is 22.8 Å². The van der Waals surface area contributed by atoms with E-state index in [4.69, 9.17) is 9.47 Å². The van der Waals surface area contributed by atoms with Crippen LogP contribution in [0.4, 0.5) is 11.4 Å². The molecule has 0 saturated carbocycles. The van der Waals surface area contributed by atoms with Gasteiger partial charge in [0.05, 0.1) is 19.1 Å². The molecule has 1 N–H and O–H groups in total. The molecule has 0 aliphatic rings. The summed E-state index contributed by atoms with van der Waals surface area (Å²) < 4.78 is 10.4. The molecule has 24 heavy (non-hydrogen) atoms. The largest absolute Gasteiger partial charge is 0.493 e. The Bertz CT molecular complexity index is 774. The fourth-order valence-corrected chi connectivity index (χ4v) is 2.24.